The maximum Gasteiger partial charge on any atom is 0.294 e. The second-order valence-electron chi connectivity index (χ2n) is 8.44. The van der Waals surface area contributed by atoms with Gasteiger partial charge in [-0.2, -0.15) is 0 Å². The highest BCUT2D eigenvalue weighted by atomic mass is 16.5. The van der Waals surface area contributed by atoms with Crippen molar-refractivity contribution in [3.05, 3.63) is 82.4 Å². The van der Waals surface area contributed by atoms with Gasteiger partial charge in [0.25, 0.3) is 6.47 Å². The molecule has 0 aromatic heterocycles. The smallest absolute Gasteiger partial charge is 0.294 e. The Kier molecular flexibility index (Phi) is 4.16. The van der Waals surface area contributed by atoms with Crippen LogP contribution >= 0.6 is 0 Å². The van der Waals surface area contributed by atoms with Gasteiger partial charge in [0, 0.05) is 53.3 Å². The topological polar surface area (TPSA) is 59.6 Å². The lowest BCUT2D eigenvalue weighted by molar-refractivity contribution is -0.137. The Balaban J connectivity index is 1.67. The third kappa shape index (κ3) is 2.73. The molecule has 0 radical (unpaired) electrons. The minimum Gasteiger partial charge on any atom is -0.456 e. The van der Waals surface area contributed by atoms with Crippen molar-refractivity contribution >= 4 is 17.8 Å². The zero-order chi connectivity index (χ0) is 20.8. The van der Waals surface area contributed by atoms with Gasteiger partial charge in [-0.3, -0.25) is 4.79 Å². The Morgan fingerprint density at radius 2 is 1.42 bits per heavy atom. The summed E-state index contributed by atoms with van der Waals surface area (Å²) in [6.07, 6.45) is 4.13. The molecule has 0 atom stereocenters. The number of anilines is 2. The summed E-state index contributed by atoms with van der Waals surface area (Å²) in [6.45, 7) is 2.48. The lowest BCUT2D eigenvalue weighted by Crippen LogP contribution is -2.36. The molecule has 0 amide bonds. The molecule has 3 heterocycles. The summed E-state index contributed by atoms with van der Waals surface area (Å²) < 4.78 is 12.5. The summed E-state index contributed by atoms with van der Waals surface area (Å²) in [5.41, 5.74) is 6.27. The standard InChI is InChI=1S/C26H24N2O3/c29-16-30-26(19-8-2-1-3-9-19)20-12-17-6-4-10-27-22(17)14-24(20)31-25-15-23-18(13-21(25)26)7-5-11-28-23/h1-3,8-9,12-16,27-28H,4-7,10-11H2. The molecule has 2 N–H and O–H groups in total. The van der Waals surface area contributed by atoms with Crippen molar-refractivity contribution in [1.29, 1.82) is 0 Å². The van der Waals surface area contributed by atoms with Crippen LogP contribution in [0.15, 0.2) is 54.6 Å². The number of fused-ring (bicyclic) bond motifs is 4. The van der Waals surface area contributed by atoms with Crippen molar-refractivity contribution < 1.29 is 14.3 Å². The Morgan fingerprint density at radius 3 is 1.97 bits per heavy atom. The summed E-state index contributed by atoms with van der Waals surface area (Å²) in [5.74, 6) is 1.45. The SMILES string of the molecule is O=COC1(c2ccccc2)c2cc3c(cc2Oc2cc4c(cc21)CCCN4)NCCC3. The predicted octanol–water partition coefficient (Wildman–Crippen LogP) is 4.97. The lowest BCUT2D eigenvalue weighted by atomic mass is 9.75. The number of carbonyl (C=O) groups excluding carboxylic acids is 1. The first kappa shape index (κ1) is 18.3. The molecule has 0 spiro atoms. The van der Waals surface area contributed by atoms with Crippen molar-refractivity contribution in [2.75, 3.05) is 23.7 Å². The first-order valence-corrected chi connectivity index (χ1v) is 11.0. The quantitative estimate of drug-likeness (QED) is 0.595. The molecule has 0 fully saturated rings. The van der Waals surface area contributed by atoms with Crippen LogP contribution in [0.1, 0.15) is 40.7 Å². The molecule has 5 heteroatoms. The number of benzene rings is 3. The summed E-state index contributed by atoms with van der Waals surface area (Å²) in [6, 6.07) is 18.4. The first-order chi connectivity index (χ1) is 15.3. The van der Waals surface area contributed by atoms with Crippen molar-refractivity contribution in [2.45, 2.75) is 31.3 Å². The van der Waals surface area contributed by atoms with Gasteiger partial charge in [-0.15, -0.1) is 0 Å². The molecule has 0 unspecified atom stereocenters. The van der Waals surface area contributed by atoms with E-state index in [2.05, 4.69) is 34.9 Å². The van der Waals surface area contributed by atoms with E-state index in [1.165, 1.54) is 11.1 Å². The monoisotopic (exact) mass is 412 g/mol. The maximum absolute atomic E-state index is 12.0. The fraction of sp³-hybridized carbons (Fsp3) is 0.269. The summed E-state index contributed by atoms with van der Waals surface area (Å²) in [7, 11) is 0. The number of ether oxygens (including phenoxy) is 2. The van der Waals surface area contributed by atoms with Crippen molar-refractivity contribution in [3.8, 4) is 11.5 Å². The van der Waals surface area contributed by atoms with Gasteiger partial charge in [-0.05, 0) is 48.9 Å². The Bertz CT molecular complexity index is 1110. The molecule has 156 valence electrons. The van der Waals surface area contributed by atoms with Crippen LogP contribution in [0.25, 0.3) is 0 Å². The van der Waals surface area contributed by atoms with Gasteiger partial charge in [0.15, 0.2) is 5.60 Å². The number of nitrogens with one attached hydrogen (secondary N) is 2. The second kappa shape index (κ2) is 7.05. The minimum atomic E-state index is -1.05. The summed E-state index contributed by atoms with van der Waals surface area (Å²) in [4.78, 5) is 12.0. The molecule has 0 saturated carbocycles. The lowest BCUT2D eigenvalue weighted by Gasteiger charge is -2.40. The van der Waals surface area contributed by atoms with E-state index in [4.69, 9.17) is 9.47 Å². The number of hydrogen-bond acceptors (Lipinski definition) is 5. The molecule has 3 aliphatic heterocycles. The Hall–Kier alpha value is -3.47. The third-order valence-electron chi connectivity index (χ3n) is 6.67. The first-order valence-electron chi connectivity index (χ1n) is 11.0. The van der Waals surface area contributed by atoms with Crippen LogP contribution in [0.3, 0.4) is 0 Å². The van der Waals surface area contributed by atoms with Crippen LogP contribution < -0.4 is 15.4 Å². The zero-order valence-electron chi connectivity index (χ0n) is 17.2. The maximum atomic E-state index is 12.0. The Labute approximate surface area is 181 Å². The van der Waals surface area contributed by atoms with Crippen LogP contribution in [-0.4, -0.2) is 19.6 Å². The van der Waals surface area contributed by atoms with E-state index in [-0.39, 0.29) is 0 Å². The average Bonchev–Trinajstić information content (AvgIpc) is 2.82. The molecule has 3 aliphatic rings. The van der Waals surface area contributed by atoms with Gasteiger partial charge in [-0.25, -0.2) is 0 Å². The second-order valence-corrected chi connectivity index (χ2v) is 8.44. The van der Waals surface area contributed by atoms with E-state index < -0.39 is 5.60 Å². The van der Waals surface area contributed by atoms with Crippen LogP contribution in [0.2, 0.25) is 0 Å². The van der Waals surface area contributed by atoms with Crippen LogP contribution in [-0.2, 0) is 28.0 Å². The van der Waals surface area contributed by atoms with Gasteiger partial charge in [-0.1, -0.05) is 30.3 Å². The third-order valence-corrected chi connectivity index (χ3v) is 6.67. The highest BCUT2D eigenvalue weighted by molar-refractivity contribution is 5.72. The largest absolute Gasteiger partial charge is 0.456 e. The fourth-order valence-electron chi connectivity index (χ4n) is 5.23. The van der Waals surface area contributed by atoms with E-state index in [0.717, 1.165) is 78.3 Å². The normalized spacial score (nSPS) is 17.4. The van der Waals surface area contributed by atoms with Gasteiger partial charge in [0.2, 0.25) is 0 Å². The van der Waals surface area contributed by atoms with E-state index in [1.54, 1.807) is 0 Å². The highest BCUT2D eigenvalue weighted by Crippen LogP contribution is 2.54. The molecule has 0 saturated heterocycles. The molecule has 6 rings (SSSR count). The minimum absolute atomic E-state index is 0.571. The molecule has 0 aliphatic carbocycles. The summed E-state index contributed by atoms with van der Waals surface area (Å²) in [5, 5.41) is 6.97. The van der Waals surface area contributed by atoms with E-state index >= 15 is 0 Å². The molecule has 31 heavy (non-hydrogen) atoms. The molecular formula is C26H24N2O3. The van der Waals surface area contributed by atoms with Gasteiger partial charge < -0.3 is 20.1 Å². The number of hydrogen-bond donors (Lipinski definition) is 2. The molecule has 3 aromatic carbocycles. The Morgan fingerprint density at radius 1 is 0.839 bits per heavy atom. The van der Waals surface area contributed by atoms with Crippen LogP contribution in [0, 0.1) is 0 Å². The van der Waals surface area contributed by atoms with Crippen molar-refractivity contribution in [3.63, 3.8) is 0 Å². The van der Waals surface area contributed by atoms with Gasteiger partial charge in [0.1, 0.15) is 11.5 Å². The fourth-order valence-corrected chi connectivity index (χ4v) is 5.23. The van der Waals surface area contributed by atoms with Crippen LogP contribution in [0.5, 0.6) is 11.5 Å². The molecule has 0 bridgehead atoms. The van der Waals surface area contributed by atoms with Gasteiger partial charge >= 0.3 is 0 Å². The molecule has 5 nitrogen and oxygen atoms in total. The van der Waals surface area contributed by atoms with E-state index in [9.17, 15) is 4.79 Å². The van der Waals surface area contributed by atoms with Crippen LogP contribution in [0.4, 0.5) is 11.4 Å². The van der Waals surface area contributed by atoms with E-state index in [1.807, 2.05) is 30.3 Å². The van der Waals surface area contributed by atoms with Crippen molar-refractivity contribution in [2.24, 2.45) is 0 Å². The molecular weight excluding hydrogens is 388 g/mol. The average molecular weight is 412 g/mol. The predicted molar refractivity (Wildman–Crippen MR) is 120 cm³/mol. The summed E-state index contributed by atoms with van der Waals surface area (Å²) >= 11 is 0. The van der Waals surface area contributed by atoms with Crippen molar-refractivity contribution in [1.82, 2.24) is 0 Å². The molecule has 3 aromatic rings. The number of rotatable bonds is 3. The van der Waals surface area contributed by atoms with E-state index in [0.29, 0.717) is 6.47 Å². The number of carbonyl (C=O) groups is 1. The van der Waals surface area contributed by atoms with Gasteiger partial charge in [0.05, 0.1) is 0 Å². The zero-order valence-corrected chi connectivity index (χ0v) is 17.2. The highest BCUT2D eigenvalue weighted by Gasteiger charge is 2.47. The number of aryl methyl sites for hydroxylation is 2.